The first-order chi connectivity index (χ1) is 16.9. The molecule has 0 radical (unpaired) electrons. The second-order valence-electron chi connectivity index (χ2n) is 8.06. The Labute approximate surface area is 204 Å². The van der Waals surface area contributed by atoms with Crippen molar-refractivity contribution in [3.05, 3.63) is 102 Å². The smallest absolute Gasteiger partial charge is 0.261 e. The van der Waals surface area contributed by atoms with Crippen molar-refractivity contribution >= 4 is 27.6 Å². The maximum atomic E-state index is 13.5. The molecule has 4 rings (SSSR count). The average molecular weight is 492 g/mol. The van der Waals surface area contributed by atoms with Gasteiger partial charge in [0.1, 0.15) is 0 Å². The van der Waals surface area contributed by atoms with Gasteiger partial charge in [-0.15, -0.1) is 0 Å². The van der Waals surface area contributed by atoms with Crippen LogP contribution < -0.4 is 5.32 Å². The topological polar surface area (TPSA) is 104 Å². The minimum absolute atomic E-state index is 0.0652. The quantitative estimate of drug-likeness (QED) is 0.569. The molecule has 0 spiro atoms. The highest BCUT2D eigenvalue weighted by Gasteiger charge is 2.39. The average Bonchev–Trinajstić information content (AvgIpc) is 2.92. The summed E-state index contributed by atoms with van der Waals surface area (Å²) in [4.78, 5) is 41.9. The molecule has 180 valence electrons. The summed E-state index contributed by atoms with van der Waals surface area (Å²) >= 11 is 0. The van der Waals surface area contributed by atoms with Crippen LogP contribution in [0.15, 0.2) is 95.9 Å². The molecule has 8 nitrogen and oxygen atoms in total. The van der Waals surface area contributed by atoms with Crippen LogP contribution in [-0.4, -0.2) is 67.5 Å². The molecule has 3 aromatic rings. The van der Waals surface area contributed by atoms with Crippen LogP contribution >= 0.6 is 0 Å². The largest absolute Gasteiger partial charge is 0.336 e. The molecule has 1 aliphatic heterocycles. The lowest BCUT2D eigenvalue weighted by atomic mass is 10.2. The Morgan fingerprint density at radius 1 is 0.657 bits per heavy atom. The zero-order chi connectivity index (χ0) is 24.8. The van der Waals surface area contributed by atoms with Gasteiger partial charge in [0.05, 0.1) is 4.90 Å². The van der Waals surface area contributed by atoms with E-state index in [0.29, 0.717) is 5.56 Å². The second-order valence-corrected chi connectivity index (χ2v) is 10.1. The van der Waals surface area contributed by atoms with Crippen LogP contribution in [0.3, 0.4) is 0 Å². The van der Waals surface area contributed by atoms with Crippen LogP contribution in [0.2, 0.25) is 0 Å². The molecule has 0 unspecified atom stereocenters. The Morgan fingerprint density at radius 2 is 1.11 bits per heavy atom. The van der Waals surface area contributed by atoms with Crippen molar-refractivity contribution in [3.63, 3.8) is 0 Å². The molecule has 9 heteroatoms. The molecule has 3 amide bonds. The number of rotatable bonds is 6. The number of piperazine rings is 1. The summed E-state index contributed by atoms with van der Waals surface area (Å²) in [5, 5.41) is 0.633. The highest BCUT2D eigenvalue weighted by atomic mass is 32.2. The monoisotopic (exact) mass is 491 g/mol. The van der Waals surface area contributed by atoms with E-state index in [1.165, 1.54) is 17.0 Å². The maximum Gasteiger partial charge on any atom is 0.261 e. The SMILES string of the molecule is O=C(N[C@H](C(=O)N1CCN(C(=O)c2ccccc2)CC1)S(=O)(=O)c1ccccc1)c1ccccc1. The molecule has 1 atom stereocenters. The van der Waals surface area contributed by atoms with E-state index in [1.807, 2.05) is 6.07 Å². The van der Waals surface area contributed by atoms with Gasteiger partial charge in [0.25, 0.3) is 17.7 Å². The van der Waals surface area contributed by atoms with Crippen LogP contribution in [0.25, 0.3) is 0 Å². The normalized spacial score (nSPS) is 14.7. The van der Waals surface area contributed by atoms with E-state index in [1.54, 1.807) is 77.7 Å². The lowest BCUT2D eigenvalue weighted by molar-refractivity contribution is -0.132. The molecular weight excluding hydrogens is 466 g/mol. The molecule has 0 aromatic heterocycles. The first kappa shape index (κ1) is 24.2. The standard InChI is InChI=1S/C26H25N3O5S/c30-23(20-10-4-1-5-11-20)27-24(35(33,34)22-14-8-3-9-15-22)26(32)29-18-16-28(17-19-29)25(31)21-12-6-2-7-13-21/h1-15,24H,16-19H2,(H,27,30)/t24-/m0/s1. The first-order valence-corrected chi connectivity index (χ1v) is 12.7. The van der Waals surface area contributed by atoms with Gasteiger partial charge in [-0.1, -0.05) is 54.6 Å². The number of nitrogens with zero attached hydrogens (tertiary/aromatic N) is 2. The Hall–Kier alpha value is -3.98. The number of hydrogen-bond acceptors (Lipinski definition) is 5. The van der Waals surface area contributed by atoms with E-state index in [0.717, 1.165) is 0 Å². The number of amides is 3. The molecule has 1 heterocycles. The summed E-state index contributed by atoms with van der Waals surface area (Å²) in [6.07, 6.45) is 0. The zero-order valence-corrected chi connectivity index (χ0v) is 19.7. The molecule has 0 bridgehead atoms. The van der Waals surface area contributed by atoms with E-state index in [9.17, 15) is 22.8 Å². The minimum atomic E-state index is -4.23. The summed E-state index contributed by atoms with van der Waals surface area (Å²) in [5.41, 5.74) is 0.791. The van der Waals surface area contributed by atoms with Gasteiger partial charge in [0, 0.05) is 37.3 Å². The Kier molecular flexibility index (Phi) is 7.26. The van der Waals surface area contributed by atoms with E-state index in [4.69, 9.17) is 0 Å². The van der Waals surface area contributed by atoms with E-state index < -0.39 is 27.0 Å². The Bertz CT molecular complexity index is 1290. The summed E-state index contributed by atoms with van der Waals surface area (Å²) in [6, 6.07) is 24.5. The summed E-state index contributed by atoms with van der Waals surface area (Å²) in [6.45, 7) is 0.813. The van der Waals surface area contributed by atoms with Crippen LogP contribution in [0.1, 0.15) is 20.7 Å². The van der Waals surface area contributed by atoms with Crippen molar-refractivity contribution in [1.29, 1.82) is 0 Å². The Morgan fingerprint density at radius 3 is 1.66 bits per heavy atom. The minimum Gasteiger partial charge on any atom is -0.336 e. The fourth-order valence-electron chi connectivity index (χ4n) is 3.87. The maximum absolute atomic E-state index is 13.5. The van der Waals surface area contributed by atoms with Crippen molar-refractivity contribution < 1.29 is 22.8 Å². The van der Waals surface area contributed by atoms with Crippen LogP contribution in [-0.2, 0) is 14.6 Å². The van der Waals surface area contributed by atoms with Crippen LogP contribution in [0, 0.1) is 0 Å². The van der Waals surface area contributed by atoms with Crippen LogP contribution in [0.4, 0.5) is 0 Å². The van der Waals surface area contributed by atoms with Crippen LogP contribution in [0.5, 0.6) is 0 Å². The van der Waals surface area contributed by atoms with Crippen molar-refractivity contribution in [2.45, 2.75) is 10.3 Å². The van der Waals surface area contributed by atoms with Gasteiger partial charge >= 0.3 is 0 Å². The molecular formula is C26H25N3O5S. The van der Waals surface area contributed by atoms with Crippen molar-refractivity contribution in [1.82, 2.24) is 15.1 Å². The van der Waals surface area contributed by atoms with Gasteiger partial charge in [-0.2, -0.15) is 0 Å². The lowest BCUT2D eigenvalue weighted by Gasteiger charge is -2.36. The molecule has 0 aliphatic carbocycles. The van der Waals surface area contributed by atoms with Gasteiger partial charge in [-0.05, 0) is 36.4 Å². The summed E-state index contributed by atoms with van der Waals surface area (Å²) in [5.74, 6) is -1.55. The number of hydrogen-bond donors (Lipinski definition) is 1. The van der Waals surface area contributed by atoms with E-state index in [-0.39, 0.29) is 42.5 Å². The molecule has 1 N–H and O–H groups in total. The molecule has 35 heavy (non-hydrogen) atoms. The van der Waals surface area contributed by atoms with Gasteiger partial charge < -0.3 is 15.1 Å². The van der Waals surface area contributed by atoms with E-state index >= 15 is 0 Å². The zero-order valence-electron chi connectivity index (χ0n) is 18.9. The number of nitrogens with one attached hydrogen (secondary N) is 1. The number of carbonyl (C=O) groups excluding carboxylic acids is 3. The van der Waals surface area contributed by atoms with Crippen molar-refractivity contribution in [2.24, 2.45) is 0 Å². The van der Waals surface area contributed by atoms with Crippen molar-refractivity contribution in [3.8, 4) is 0 Å². The van der Waals surface area contributed by atoms with E-state index in [2.05, 4.69) is 5.32 Å². The van der Waals surface area contributed by atoms with Gasteiger partial charge in [0.2, 0.25) is 15.2 Å². The number of benzene rings is 3. The Balaban J connectivity index is 1.54. The molecule has 3 aromatic carbocycles. The van der Waals surface area contributed by atoms with Gasteiger partial charge in [0.15, 0.2) is 0 Å². The molecule has 0 saturated carbocycles. The number of sulfone groups is 1. The number of carbonyl (C=O) groups is 3. The first-order valence-electron chi connectivity index (χ1n) is 11.2. The lowest BCUT2D eigenvalue weighted by Crippen LogP contribution is -2.57. The third kappa shape index (κ3) is 5.41. The van der Waals surface area contributed by atoms with Crippen molar-refractivity contribution in [2.75, 3.05) is 26.2 Å². The second kappa shape index (κ2) is 10.5. The van der Waals surface area contributed by atoms with Gasteiger partial charge in [-0.3, -0.25) is 14.4 Å². The highest BCUT2D eigenvalue weighted by molar-refractivity contribution is 7.92. The predicted octanol–water partition coefficient (Wildman–Crippen LogP) is 2.20. The summed E-state index contributed by atoms with van der Waals surface area (Å²) in [7, 11) is -4.23. The molecule has 1 saturated heterocycles. The summed E-state index contributed by atoms with van der Waals surface area (Å²) < 4.78 is 26.8. The fraction of sp³-hybridized carbons (Fsp3) is 0.192. The third-order valence-corrected chi connectivity index (χ3v) is 7.67. The fourth-order valence-corrected chi connectivity index (χ4v) is 5.35. The predicted molar refractivity (Wildman–Crippen MR) is 130 cm³/mol. The molecule has 1 fully saturated rings. The van der Waals surface area contributed by atoms with Gasteiger partial charge in [-0.25, -0.2) is 8.42 Å². The molecule has 1 aliphatic rings. The highest BCUT2D eigenvalue weighted by Crippen LogP contribution is 2.18. The third-order valence-electron chi connectivity index (χ3n) is 5.80.